The van der Waals surface area contributed by atoms with Crippen molar-refractivity contribution in [3.8, 4) is 0 Å². The van der Waals surface area contributed by atoms with Gasteiger partial charge >= 0.3 is 0 Å². The molecule has 0 saturated heterocycles. The fourth-order valence-corrected chi connectivity index (χ4v) is 2.10. The fourth-order valence-electron chi connectivity index (χ4n) is 2.10. The Bertz CT molecular complexity index is 428. The van der Waals surface area contributed by atoms with E-state index in [4.69, 9.17) is 0 Å². The highest BCUT2D eigenvalue weighted by Gasteiger charge is 2.14. The molecule has 0 N–H and O–H groups in total. The zero-order chi connectivity index (χ0) is 13.5. The summed E-state index contributed by atoms with van der Waals surface area (Å²) in [6.45, 7) is 3.17. The number of rotatable bonds is 6. The molecule has 2 aromatic rings. The maximum atomic E-state index is 13.0. The van der Waals surface area contributed by atoms with Crippen molar-refractivity contribution in [1.29, 1.82) is 0 Å². The van der Waals surface area contributed by atoms with Gasteiger partial charge in [-0.05, 0) is 18.1 Å². The summed E-state index contributed by atoms with van der Waals surface area (Å²) in [5.74, 6) is 0. The van der Waals surface area contributed by atoms with E-state index in [2.05, 4.69) is 29.2 Å². The van der Waals surface area contributed by atoms with Crippen LogP contribution in [0.1, 0.15) is 18.1 Å². The van der Waals surface area contributed by atoms with Crippen LogP contribution in [0.15, 0.2) is 60.7 Å². The molecule has 100 valence electrons. The smallest absolute Gasteiger partial charge is 0.105 e. The number of halogens is 1. The first-order chi connectivity index (χ1) is 9.29. The zero-order valence-corrected chi connectivity index (χ0v) is 11.3. The van der Waals surface area contributed by atoms with Gasteiger partial charge in [-0.15, -0.1) is 0 Å². The van der Waals surface area contributed by atoms with Crippen LogP contribution >= 0.6 is 0 Å². The molecular weight excluding hydrogens is 237 g/mol. The number of benzene rings is 2. The molecule has 0 radical (unpaired) electrons. The number of hydrogen-bond donors (Lipinski definition) is 0. The van der Waals surface area contributed by atoms with Gasteiger partial charge in [0.05, 0.1) is 0 Å². The van der Waals surface area contributed by atoms with Crippen LogP contribution in [0.4, 0.5) is 4.39 Å². The van der Waals surface area contributed by atoms with E-state index < -0.39 is 0 Å². The summed E-state index contributed by atoms with van der Waals surface area (Å²) in [7, 11) is 0. The molecule has 1 nitrogen and oxygen atoms in total. The lowest BCUT2D eigenvalue weighted by molar-refractivity contribution is 0.161. The van der Waals surface area contributed by atoms with E-state index in [1.165, 1.54) is 11.1 Å². The Balaban J connectivity index is 2.08. The highest BCUT2D eigenvalue weighted by molar-refractivity contribution is 5.17. The van der Waals surface area contributed by atoms with Crippen LogP contribution in [0, 0.1) is 0 Å². The maximum absolute atomic E-state index is 13.0. The van der Waals surface area contributed by atoms with Crippen LogP contribution in [0.25, 0.3) is 0 Å². The lowest BCUT2D eigenvalue weighted by Crippen LogP contribution is -2.33. The van der Waals surface area contributed by atoms with Gasteiger partial charge in [0.1, 0.15) is 6.67 Å². The van der Waals surface area contributed by atoms with Crippen LogP contribution < -0.4 is 0 Å². The summed E-state index contributed by atoms with van der Waals surface area (Å²) in [6, 6.07) is 20.4. The summed E-state index contributed by atoms with van der Waals surface area (Å²) in [4.78, 5) is 2.17. The van der Waals surface area contributed by atoms with Gasteiger partial charge in [0.2, 0.25) is 0 Å². The van der Waals surface area contributed by atoms with Crippen molar-refractivity contribution in [3.05, 3.63) is 71.8 Å². The predicted octanol–water partition coefficient (Wildman–Crippen LogP) is 4.05. The van der Waals surface area contributed by atoms with Crippen molar-refractivity contribution >= 4 is 0 Å². The lowest BCUT2D eigenvalue weighted by atomic mass is 10.1. The molecule has 0 bridgehead atoms. The minimum atomic E-state index is -0.320. The summed E-state index contributed by atoms with van der Waals surface area (Å²) in [5.41, 5.74) is 2.44. The van der Waals surface area contributed by atoms with E-state index in [0.717, 1.165) is 13.1 Å². The first kappa shape index (κ1) is 13.8. The fraction of sp³-hybridized carbons (Fsp3) is 0.294. The second-order valence-corrected chi connectivity index (χ2v) is 4.88. The Morgan fingerprint density at radius 3 is 1.63 bits per heavy atom. The molecule has 0 spiro atoms. The van der Waals surface area contributed by atoms with E-state index >= 15 is 0 Å². The van der Waals surface area contributed by atoms with Gasteiger partial charge in [0.15, 0.2) is 0 Å². The Morgan fingerprint density at radius 1 is 0.842 bits per heavy atom. The average molecular weight is 257 g/mol. The molecule has 0 aliphatic rings. The van der Waals surface area contributed by atoms with Crippen molar-refractivity contribution in [3.63, 3.8) is 0 Å². The Kier molecular flexibility index (Phi) is 5.10. The summed E-state index contributed by atoms with van der Waals surface area (Å²) in [5, 5.41) is 0. The molecule has 0 fully saturated rings. The predicted molar refractivity (Wildman–Crippen MR) is 77.6 cm³/mol. The van der Waals surface area contributed by atoms with E-state index in [1.807, 2.05) is 43.3 Å². The molecule has 2 rings (SSSR count). The van der Waals surface area contributed by atoms with E-state index in [0.29, 0.717) is 0 Å². The summed E-state index contributed by atoms with van der Waals surface area (Å²) < 4.78 is 13.0. The molecule has 2 aromatic carbocycles. The van der Waals surface area contributed by atoms with Crippen LogP contribution in [0.5, 0.6) is 0 Å². The molecule has 1 atom stereocenters. The van der Waals surface area contributed by atoms with Crippen molar-refractivity contribution in [2.45, 2.75) is 26.1 Å². The molecule has 0 aliphatic heterocycles. The van der Waals surface area contributed by atoms with E-state index in [-0.39, 0.29) is 12.7 Å². The number of hydrogen-bond acceptors (Lipinski definition) is 1. The Morgan fingerprint density at radius 2 is 1.26 bits per heavy atom. The highest BCUT2D eigenvalue weighted by atomic mass is 19.1. The van der Waals surface area contributed by atoms with Gasteiger partial charge in [0.25, 0.3) is 0 Å². The third-order valence-corrected chi connectivity index (χ3v) is 3.30. The Hall–Kier alpha value is -1.67. The molecule has 0 amide bonds. The SMILES string of the molecule is C[C@@H](CF)N(Cc1ccccc1)Cc1ccccc1. The second-order valence-electron chi connectivity index (χ2n) is 4.88. The van der Waals surface area contributed by atoms with E-state index in [1.54, 1.807) is 0 Å². The van der Waals surface area contributed by atoms with Crippen molar-refractivity contribution in [1.82, 2.24) is 4.90 Å². The lowest BCUT2D eigenvalue weighted by Gasteiger charge is -2.27. The second kappa shape index (κ2) is 7.05. The van der Waals surface area contributed by atoms with Crippen LogP contribution in [-0.4, -0.2) is 17.6 Å². The van der Waals surface area contributed by atoms with Gasteiger partial charge in [-0.25, -0.2) is 4.39 Å². The molecule has 0 saturated carbocycles. The quantitative estimate of drug-likeness (QED) is 0.754. The van der Waals surface area contributed by atoms with Gasteiger partial charge in [-0.2, -0.15) is 0 Å². The van der Waals surface area contributed by atoms with Crippen LogP contribution in [0.2, 0.25) is 0 Å². The van der Waals surface area contributed by atoms with Gasteiger partial charge in [0, 0.05) is 19.1 Å². The molecule has 19 heavy (non-hydrogen) atoms. The van der Waals surface area contributed by atoms with Gasteiger partial charge in [-0.1, -0.05) is 60.7 Å². The van der Waals surface area contributed by atoms with E-state index in [9.17, 15) is 4.39 Å². The normalized spacial score (nSPS) is 12.6. The molecule has 0 unspecified atom stereocenters. The zero-order valence-electron chi connectivity index (χ0n) is 11.3. The van der Waals surface area contributed by atoms with Crippen LogP contribution in [-0.2, 0) is 13.1 Å². The van der Waals surface area contributed by atoms with Crippen LogP contribution in [0.3, 0.4) is 0 Å². The summed E-state index contributed by atoms with van der Waals surface area (Å²) in [6.07, 6.45) is 0. The summed E-state index contributed by atoms with van der Waals surface area (Å²) >= 11 is 0. The Labute approximate surface area is 114 Å². The first-order valence-corrected chi connectivity index (χ1v) is 6.67. The third-order valence-electron chi connectivity index (χ3n) is 3.30. The minimum absolute atomic E-state index is 0.0691. The van der Waals surface area contributed by atoms with Gasteiger partial charge < -0.3 is 0 Å². The van der Waals surface area contributed by atoms with Crippen molar-refractivity contribution < 1.29 is 4.39 Å². The average Bonchev–Trinajstić information content (AvgIpc) is 2.48. The topological polar surface area (TPSA) is 3.24 Å². The third kappa shape index (κ3) is 4.18. The largest absolute Gasteiger partial charge is 0.290 e. The molecule has 0 aliphatic carbocycles. The standard InChI is InChI=1S/C17H20FN/c1-15(12-18)19(13-16-8-4-2-5-9-16)14-17-10-6-3-7-11-17/h2-11,15H,12-14H2,1H3/t15-/m0/s1. The monoisotopic (exact) mass is 257 g/mol. The minimum Gasteiger partial charge on any atom is -0.290 e. The van der Waals surface area contributed by atoms with Crippen molar-refractivity contribution in [2.24, 2.45) is 0 Å². The first-order valence-electron chi connectivity index (χ1n) is 6.67. The molecular formula is C17H20FN. The van der Waals surface area contributed by atoms with Gasteiger partial charge in [-0.3, -0.25) is 4.90 Å². The maximum Gasteiger partial charge on any atom is 0.105 e. The van der Waals surface area contributed by atoms with Crippen molar-refractivity contribution in [2.75, 3.05) is 6.67 Å². The number of alkyl halides is 1. The molecule has 2 heteroatoms. The molecule has 0 heterocycles. The molecule has 0 aromatic heterocycles. The number of nitrogens with zero attached hydrogens (tertiary/aromatic N) is 1. The highest BCUT2D eigenvalue weighted by Crippen LogP contribution is 2.13.